The summed E-state index contributed by atoms with van der Waals surface area (Å²) in [5.74, 6) is 0.606. The van der Waals surface area contributed by atoms with Crippen LogP contribution in [0.2, 0.25) is 0 Å². The van der Waals surface area contributed by atoms with Crippen molar-refractivity contribution >= 4 is 17.4 Å². The first-order chi connectivity index (χ1) is 9.76. The van der Waals surface area contributed by atoms with E-state index in [1.807, 2.05) is 48.5 Å². The molecule has 1 heterocycles. The maximum atomic E-state index is 11.9. The van der Waals surface area contributed by atoms with E-state index in [1.54, 1.807) is 6.07 Å². The molecule has 0 saturated carbocycles. The number of benzene rings is 2. The van der Waals surface area contributed by atoms with Crippen LogP contribution in [0.5, 0.6) is 0 Å². The molecule has 4 heteroatoms. The third-order valence-corrected chi connectivity index (χ3v) is 2.69. The van der Waals surface area contributed by atoms with Crippen LogP contribution in [-0.2, 0) is 4.79 Å². The van der Waals surface area contributed by atoms with Gasteiger partial charge in [0.2, 0.25) is 0 Å². The summed E-state index contributed by atoms with van der Waals surface area (Å²) in [4.78, 5) is 20.3. The molecule has 1 N–H and O–H groups in total. The van der Waals surface area contributed by atoms with Crippen LogP contribution in [-0.4, -0.2) is 11.6 Å². The van der Waals surface area contributed by atoms with Gasteiger partial charge in [-0.05, 0) is 12.1 Å². The van der Waals surface area contributed by atoms with E-state index in [0.29, 0.717) is 16.7 Å². The van der Waals surface area contributed by atoms with Crippen LogP contribution >= 0.6 is 0 Å². The molecule has 1 aromatic heterocycles. The Bertz CT molecular complexity index is 760. The van der Waals surface area contributed by atoms with Crippen LogP contribution in [0.15, 0.2) is 69.9 Å². The summed E-state index contributed by atoms with van der Waals surface area (Å²) in [6.45, 7) is -0.250. The lowest BCUT2D eigenvalue weighted by molar-refractivity contribution is -0.122. The van der Waals surface area contributed by atoms with Crippen LogP contribution in [0, 0.1) is 0 Å². The molecule has 0 aliphatic heterocycles. The number of hydrogen-bond acceptors (Lipinski definition) is 3. The highest BCUT2D eigenvalue weighted by atomic mass is 16.3. The predicted octanol–water partition coefficient (Wildman–Crippen LogP) is 3.16. The van der Waals surface area contributed by atoms with Gasteiger partial charge in [0.25, 0.3) is 6.47 Å². The van der Waals surface area contributed by atoms with Crippen LogP contribution in [0.25, 0.3) is 22.3 Å². The fourth-order valence-corrected chi connectivity index (χ4v) is 1.85. The topological polar surface area (TPSA) is 67.5 Å². The monoisotopic (exact) mass is 268 g/mol. The second-order valence-electron chi connectivity index (χ2n) is 3.94. The Balaban J connectivity index is 0.000000452. The Morgan fingerprint density at radius 2 is 1.55 bits per heavy atom. The van der Waals surface area contributed by atoms with Crippen molar-refractivity contribution in [3.8, 4) is 11.3 Å². The predicted molar refractivity (Wildman–Crippen MR) is 76.6 cm³/mol. The molecule has 0 atom stereocenters. The molecular weight excluding hydrogens is 256 g/mol. The molecule has 4 nitrogen and oxygen atoms in total. The maximum absolute atomic E-state index is 11.9. The first kappa shape index (κ1) is 13.5. The molecule has 20 heavy (non-hydrogen) atoms. The molecule has 0 radical (unpaired) electrons. The molecule has 0 aliphatic carbocycles. The van der Waals surface area contributed by atoms with Crippen molar-refractivity contribution < 1.29 is 14.3 Å². The third-order valence-electron chi connectivity index (χ3n) is 2.69. The van der Waals surface area contributed by atoms with Gasteiger partial charge in [0.05, 0.1) is 5.39 Å². The lowest BCUT2D eigenvalue weighted by Crippen LogP contribution is -1.99. The van der Waals surface area contributed by atoms with Gasteiger partial charge in [-0.15, -0.1) is 0 Å². The summed E-state index contributed by atoms with van der Waals surface area (Å²) in [5.41, 5.74) is 1.53. The Morgan fingerprint density at radius 1 is 0.950 bits per heavy atom. The van der Waals surface area contributed by atoms with Gasteiger partial charge in [0.15, 0.2) is 5.43 Å². The summed E-state index contributed by atoms with van der Waals surface area (Å²) >= 11 is 0. The van der Waals surface area contributed by atoms with Gasteiger partial charge in [0.1, 0.15) is 11.3 Å². The van der Waals surface area contributed by atoms with E-state index >= 15 is 0 Å². The quantitative estimate of drug-likeness (QED) is 0.688. The number of rotatable bonds is 1. The van der Waals surface area contributed by atoms with Crippen molar-refractivity contribution in [3.63, 3.8) is 0 Å². The second kappa shape index (κ2) is 6.33. The molecular formula is C16H12O4. The SMILES string of the molecule is O=CO.O=c1cc(-c2ccccc2)oc2ccccc12. The molecule has 3 aromatic rings. The molecule has 0 unspecified atom stereocenters. The van der Waals surface area contributed by atoms with Gasteiger partial charge in [-0.2, -0.15) is 0 Å². The van der Waals surface area contributed by atoms with E-state index in [1.165, 1.54) is 6.07 Å². The van der Waals surface area contributed by atoms with E-state index in [4.69, 9.17) is 14.3 Å². The van der Waals surface area contributed by atoms with Gasteiger partial charge >= 0.3 is 0 Å². The van der Waals surface area contributed by atoms with Crippen molar-refractivity contribution in [3.05, 3.63) is 70.9 Å². The number of para-hydroxylation sites is 1. The minimum Gasteiger partial charge on any atom is -0.483 e. The molecule has 2 aromatic carbocycles. The van der Waals surface area contributed by atoms with E-state index in [0.717, 1.165) is 5.56 Å². The zero-order valence-electron chi connectivity index (χ0n) is 10.5. The lowest BCUT2D eigenvalue weighted by Gasteiger charge is -2.02. The van der Waals surface area contributed by atoms with Crippen LogP contribution in [0.3, 0.4) is 0 Å². The summed E-state index contributed by atoms with van der Waals surface area (Å²) in [6, 6.07) is 18.4. The molecule has 100 valence electrons. The average Bonchev–Trinajstić information content (AvgIpc) is 2.49. The number of hydrogen-bond donors (Lipinski definition) is 1. The molecule has 0 saturated heterocycles. The van der Waals surface area contributed by atoms with Crippen molar-refractivity contribution in [2.75, 3.05) is 0 Å². The second-order valence-corrected chi connectivity index (χ2v) is 3.94. The normalized spacial score (nSPS) is 9.60. The van der Waals surface area contributed by atoms with E-state index < -0.39 is 0 Å². The Morgan fingerprint density at radius 3 is 2.25 bits per heavy atom. The van der Waals surface area contributed by atoms with E-state index in [2.05, 4.69) is 0 Å². The minimum absolute atomic E-state index is 0.00861. The molecule has 3 rings (SSSR count). The molecule has 0 amide bonds. The lowest BCUT2D eigenvalue weighted by atomic mass is 10.1. The van der Waals surface area contributed by atoms with Crippen molar-refractivity contribution in [2.24, 2.45) is 0 Å². The first-order valence-electron chi connectivity index (χ1n) is 5.92. The van der Waals surface area contributed by atoms with Crippen LogP contribution in [0.4, 0.5) is 0 Å². The number of carbonyl (C=O) groups is 1. The number of carboxylic acid groups (broad SMARTS) is 1. The Hall–Kier alpha value is -2.88. The van der Waals surface area contributed by atoms with Crippen molar-refractivity contribution in [1.82, 2.24) is 0 Å². The maximum Gasteiger partial charge on any atom is 0.290 e. The van der Waals surface area contributed by atoms with Gasteiger partial charge in [0, 0.05) is 11.6 Å². The van der Waals surface area contributed by atoms with Crippen molar-refractivity contribution in [1.29, 1.82) is 0 Å². The smallest absolute Gasteiger partial charge is 0.290 e. The third kappa shape index (κ3) is 2.92. The van der Waals surface area contributed by atoms with Gasteiger partial charge < -0.3 is 9.52 Å². The average molecular weight is 268 g/mol. The fourth-order valence-electron chi connectivity index (χ4n) is 1.85. The zero-order chi connectivity index (χ0) is 14.4. The molecule has 0 fully saturated rings. The first-order valence-corrected chi connectivity index (χ1v) is 5.92. The van der Waals surface area contributed by atoms with Crippen molar-refractivity contribution in [2.45, 2.75) is 0 Å². The number of fused-ring (bicyclic) bond motifs is 1. The van der Waals surface area contributed by atoms with Crippen LogP contribution < -0.4 is 5.43 Å². The van der Waals surface area contributed by atoms with Gasteiger partial charge in [-0.25, -0.2) is 0 Å². The summed E-state index contributed by atoms with van der Waals surface area (Å²) in [7, 11) is 0. The Kier molecular flexibility index (Phi) is 4.29. The van der Waals surface area contributed by atoms with Crippen LogP contribution in [0.1, 0.15) is 0 Å². The highest BCUT2D eigenvalue weighted by Gasteiger charge is 2.05. The largest absolute Gasteiger partial charge is 0.483 e. The van der Waals surface area contributed by atoms with E-state index in [9.17, 15) is 4.79 Å². The molecule has 0 aliphatic rings. The molecule has 0 bridgehead atoms. The minimum atomic E-state index is -0.250. The van der Waals surface area contributed by atoms with Gasteiger partial charge in [-0.3, -0.25) is 9.59 Å². The summed E-state index contributed by atoms with van der Waals surface area (Å²) in [5, 5.41) is 7.51. The fraction of sp³-hybridized carbons (Fsp3) is 0. The van der Waals surface area contributed by atoms with Gasteiger partial charge in [-0.1, -0.05) is 42.5 Å². The highest BCUT2D eigenvalue weighted by Crippen LogP contribution is 2.21. The Labute approximate surface area is 114 Å². The van der Waals surface area contributed by atoms with E-state index in [-0.39, 0.29) is 11.9 Å². The standard InChI is InChI=1S/C15H10O2.CH2O2/c16-13-10-15(11-6-2-1-3-7-11)17-14-9-5-4-8-12(13)14;2-1-3/h1-10H;1H,(H,2,3). The zero-order valence-corrected chi connectivity index (χ0v) is 10.5. The summed E-state index contributed by atoms with van der Waals surface area (Å²) in [6.07, 6.45) is 0. The highest BCUT2D eigenvalue weighted by molar-refractivity contribution is 5.78. The summed E-state index contributed by atoms with van der Waals surface area (Å²) < 4.78 is 5.73. The molecule has 0 spiro atoms.